The van der Waals surface area contributed by atoms with Crippen LogP contribution in [0.4, 0.5) is 0 Å². The monoisotopic (exact) mass is 184 g/mol. The maximum absolute atomic E-state index is 11.5. The normalized spacial score (nSPS) is 34.5. The minimum atomic E-state index is 0.00215. The van der Waals surface area contributed by atoms with Gasteiger partial charge in [0.05, 0.1) is 19.3 Å². The number of ether oxygens (including phenoxy) is 1. The Morgan fingerprint density at radius 1 is 1.69 bits per heavy atom. The number of amides is 1. The Balaban J connectivity index is 1.84. The van der Waals surface area contributed by atoms with Gasteiger partial charge in [-0.15, -0.1) is 0 Å². The summed E-state index contributed by atoms with van der Waals surface area (Å²) in [6.45, 7) is 5.15. The van der Waals surface area contributed by atoms with Crippen molar-refractivity contribution in [3.8, 4) is 0 Å². The van der Waals surface area contributed by atoms with Crippen LogP contribution in [-0.2, 0) is 9.53 Å². The zero-order valence-electron chi connectivity index (χ0n) is 7.95. The second-order valence-corrected chi connectivity index (χ2v) is 3.87. The number of rotatable bonds is 2. The predicted octanol–water partition coefficient (Wildman–Crippen LogP) is -0.199. The molecule has 1 amide bonds. The molecule has 2 heterocycles. The Morgan fingerprint density at radius 3 is 3.08 bits per heavy atom. The van der Waals surface area contributed by atoms with Crippen molar-refractivity contribution in [3.05, 3.63) is 0 Å². The van der Waals surface area contributed by atoms with E-state index in [1.165, 1.54) is 0 Å². The molecule has 0 saturated carbocycles. The van der Waals surface area contributed by atoms with E-state index in [4.69, 9.17) is 4.74 Å². The number of hydrogen-bond donors (Lipinski definition) is 1. The summed E-state index contributed by atoms with van der Waals surface area (Å²) in [5, 5.41) is 3.13. The van der Waals surface area contributed by atoms with Crippen LogP contribution in [0.15, 0.2) is 0 Å². The first-order valence-electron chi connectivity index (χ1n) is 4.87. The van der Waals surface area contributed by atoms with Crippen molar-refractivity contribution < 1.29 is 9.53 Å². The largest absolute Gasteiger partial charge is 0.381 e. The second-order valence-electron chi connectivity index (χ2n) is 3.87. The molecule has 1 N–H and O–H groups in total. The standard InChI is InChI=1S/C9H16N2O2/c1-7-9(12)11(6-10-7)4-8-2-3-13-5-8/h7-8,10H,2-6H2,1H3. The Bertz CT molecular complexity index is 202. The molecule has 2 unspecified atom stereocenters. The summed E-state index contributed by atoms with van der Waals surface area (Å²) in [4.78, 5) is 13.4. The van der Waals surface area contributed by atoms with E-state index in [-0.39, 0.29) is 11.9 Å². The van der Waals surface area contributed by atoms with Crippen LogP contribution in [0.1, 0.15) is 13.3 Å². The van der Waals surface area contributed by atoms with Crippen LogP contribution >= 0.6 is 0 Å². The van der Waals surface area contributed by atoms with Crippen LogP contribution in [0.5, 0.6) is 0 Å². The summed E-state index contributed by atoms with van der Waals surface area (Å²) in [7, 11) is 0. The van der Waals surface area contributed by atoms with Gasteiger partial charge in [-0.1, -0.05) is 0 Å². The first-order valence-corrected chi connectivity index (χ1v) is 4.87. The molecule has 0 bridgehead atoms. The summed E-state index contributed by atoms with van der Waals surface area (Å²) in [5.41, 5.74) is 0. The molecule has 2 aliphatic rings. The highest BCUT2D eigenvalue weighted by Crippen LogP contribution is 2.15. The molecule has 0 aliphatic carbocycles. The van der Waals surface area contributed by atoms with E-state index in [0.717, 1.165) is 26.2 Å². The van der Waals surface area contributed by atoms with E-state index in [1.54, 1.807) is 0 Å². The molecule has 0 aromatic heterocycles. The number of carbonyl (C=O) groups excluding carboxylic acids is 1. The predicted molar refractivity (Wildman–Crippen MR) is 48.1 cm³/mol. The minimum Gasteiger partial charge on any atom is -0.381 e. The van der Waals surface area contributed by atoms with Crippen molar-refractivity contribution >= 4 is 5.91 Å². The van der Waals surface area contributed by atoms with Crippen LogP contribution in [0.25, 0.3) is 0 Å². The first kappa shape index (κ1) is 8.97. The Morgan fingerprint density at radius 2 is 2.54 bits per heavy atom. The Labute approximate surface area is 78.2 Å². The maximum Gasteiger partial charge on any atom is 0.240 e. The van der Waals surface area contributed by atoms with E-state index in [1.807, 2.05) is 11.8 Å². The third kappa shape index (κ3) is 1.84. The van der Waals surface area contributed by atoms with Crippen molar-refractivity contribution in [2.24, 2.45) is 5.92 Å². The molecule has 2 saturated heterocycles. The molecular formula is C9H16N2O2. The lowest BCUT2D eigenvalue weighted by Gasteiger charge is -2.18. The van der Waals surface area contributed by atoms with Gasteiger partial charge in [0.25, 0.3) is 0 Å². The molecule has 2 atom stereocenters. The summed E-state index contributed by atoms with van der Waals surface area (Å²) < 4.78 is 5.27. The number of carbonyl (C=O) groups is 1. The average molecular weight is 184 g/mol. The molecule has 0 radical (unpaired) electrons. The quantitative estimate of drug-likeness (QED) is 0.646. The maximum atomic E-state index is 11.5. The van der Waals surface area contributed by atoms with Gasteiger partial charge in [-0.25, -0.2) is 0 Å². The lowest BCUT2D eigenvalue weighted by molar-refractivity contribution is -0.129. The van der Waals surface area contributed by atoms with Crippen LogP contribution in [0.3, 0.4) is 0 Å². The van der Waals surface area contributed by atoms with Gasteiger partial charge in [0.15, 0.2) is 0 Å². The van der Waals surface area contributed by atoms with Gasteiger partial charge >= 0.3 is 0 Å². The topological polar surface area (TPSA) is 41.6 Å². The van der Waals surface area contributed by atoms with Gasteiger partial charge in [-0.3, -0.25) is 10.1 Å². The minimum absolute atomic E-state index is 0.00215. The third-order valence-electron chi connectivity index (χ3n) is 2.77. The fourth-order valence-electron chi connectivity index (χ4n) is 1.88. The van der Waals surface area contributed by atoms with Gasteiger partial charge < -0.3 is 9.64 Å². The zero-order valence-corrected chi connectivity index (χ0v) is 7.95. The van der Waals surface area contributed by atoms with Gasteiger partial charge in [0.1, 0.15) is 0 Å². The highest BCUT2D eigenvalue weighted by Gasteiger charge is 2.29. The Kier molecular flexibility index (Phi) is 2.51. The van der Waals surface area contributed by atoms with E-state index >= 15 is 0 Å². The Hall–Kier alpha value is -0.610. The van der Waals surface area contributed by atoms with Crippen molar-refractivity contribution in [3.63, 3.8) is 0 Å². The van der Waals surface area contributed by atoms with Gasteiger partial charge in [0, 0.05) is 19.1 Å². The second kappa shape index (κ2) is 3.64. The highest BCUT2D eigenvalue weighted by atomic mass is 16.5. The third-order valence-corrected chi connectivity index (χ3v) is 2.77. The van der Waals surface area contributed by atoms with Gasteiger partial charge in [0.2, 0.25) is 5.91 Å². The number of nitrogens with one attached hydrogen (secondary N) is 1. The molecule has 4 nitrogen and oxygen atoms in total. The summed E-state index contributed by atoms with van der Waals surface area (Å²) >= 11 is 0. The van der Waals surface area contributed by atoms with Gasteiger partial charge in [-0.2, -0.15) is 0 Å². The highest BCUT2D eigenvalue weighted by molar-refractivity contribution is 5.83. The molecule has 0 aromatic rings. The molecule has 2 rings (SSSR count). The summed E-state index contributed by atoms with van der Waals surface area (Å²) in [6, 6.07) is 0.00215. The first-order chi connectivity index (χ1) is 6.27. The van der Waals surface area contributed by atoms with Crippen molar-refractivity contribution in [1.82, 2.24) is 10.2 Å². The van der Waals surface area contributed by atoms with Crippen molar-refractivity contribution in [2.45, 2.75) is 19.4 Å². The van der Waals surface area contributed by atoms with Crippen molar-refractivity contribution in [1.29, 1.82) is 0 Å². The van der Waals surface area contributed by atoms with Crippen LogP contribution in [-0.4, -0.2) is 43.3 Å². The fraction of sp³-hybridized carbons (Fsp3) is 0.889. The molecule has 2 fully saturated rings. The molecule has 0 aromatic carbocycles. The van der Waals surface area contributed by atoms with E-state index < -0.39 is 0 Å². The molecular weight excluding hydrogens is 168 g/mol. The number of hydrogen-bond acceptors (Lipinski definition) is 3. The fourth-order valence-corrected chi connectivity index (χ4v) is 1.88. The smallest absolute Gasteiger partial charge is 0.240 e. The van der Waals surface area contributed by atoms with E-state index in [0.29, 0.717) is 12.6 Å². The molecule has 74 valence electrons. The molecule has 4 heteroatoms. The average Bonchev–Trinajstić information content (AvgIpc) is 2.71. The summed E-state index contributed by atoms with van der Waals surface area (Å²) in [5.74, 6) is 0.781. The van der Waals surface area contributed by atoms with Crippen molar-refractivity contribution in [2.75, 3.05) is 26.4 Å². The SMILES string of the molecule is CC1NCN(CC2CCOC2)C1=O. The van der Waals surface area contributed by atoms with Gasteiger partial charge in [-0.05, 0) is 13.3 Å². The van der Waals surface area contributed by atoms with Crippen LogP contribution in [0, 0.1) is 5.92 Å². The van der Waals surface area contributed by atoms with E-state index in [2.05, 4.69) is 5.32 Å². The molecule has 2 aliphatic heterocycles. The lowest BCUT2D eigenvalue weighted by Crippen LogP contribution is -2.33. The summed E-state index contributed by atoms with van der Waals surface area (Å²) in [6.07, 6.45) is 1.10. The van der Waals surface area contributed by atoms with E-state index in [9.17, 15) is 4.79 Å². The van der Waals surface area contributed by atoms with Crippen LogP contribution < -0.4 is 5.32 Å². The van der Waals surface area contributed by atoms with Crippen LogP contribution in [0.2, 0.25) is 0 Å². The molecule has 13 heavy (non-hydrogen) atoms. The zero-order chi connectivity index (χ0) is 9.26. The molecule has 0 spiro atoms. The lowest BCUT2D eigenvalue weighted by atomic mass is 10.1. The number of nitrogens with zero attached hydrogens (tertiary/aromatic N) is 1.